The van der Waals surface area contributed by atoms with Crippen molar-refractivity contribution in [1.29, 1.82) is 0 Å². The maximum atomic E-state index is 14.3. The van der Waals surface area contributed by atoms with Gasteiger partial charge in [0.1, 0.15) is 29.6 Å². The van der Waals surface area contributed by atoms with Gasteiger partial charge in [-0.2, -0.15) is 0 Å². The first-order valence-electron chi connectivity index (χ1n) is 13.7. The lowest BCUT2D eigenvalue weighted by Crippen LogP contribution is -2.48. The van der Waals surface area contributed by atoms with E-state index in [0.29, 0.717) is 28.3 Å². The number of ether oxygens (including phenoxy) is 2. The highest BCUT2D eigenvalue weighted by atomic mass is 16.5. The number of hydrogen-bond donors (Lipinski definition) is 1. The number of benzene rings is 3. The van der Waals surface area contributed by atoms with Crippen LogP contribution in [-0.2, 0) is 16.1 Å². The molecule has 3 aromatic carbocycles. The molecule has 5 rings (SSSR count). The molecule has 0 saturated heterocycles. The summed E-state index contributed by atoms with van der Waals surface area (Å²) in [5.74, 6) is 0.498. The van der Waals surface area contributed by atoms with Crippen molar-refractivity contribution in [3.8, 4) is 11.5 Å². The summed E-state index contributed by atoms with van der Waals surface area (Å²) in [5.41, 5.74) is 3.50. The van der Waals surface area contributed by atoms with Gasteiger partial charge in [0.2, 0.25) is 11.8 Å². The molecule has 0 spiro atoms. The molecule has 1 atom stereocenters. The van der Waals surface area contributed by atoms with Crippen LogP contribution in [0.4, 0.5) is 5.69 Å². The average molecular weight is 542 g/mol. The number of nitrogens with zero attached hydrogens (tertiary/aromatic N) is 4. The van der Waals surface area contributed by atoms with Crippen molar-refractivity contribution in [1.82, 2.24) is 20.3 Å². The number of anilines is 1. The summed E-state index contributed by atoms with van der Waals surface area (Å²) >= 11 is 0. The number of amides is 2. The van der Waals surface area contributed by atoms with E-state index in [4.69, 9.17) is 9.47 Å². The van der Waals surface area contributed by atoms with Gasteiger partial charge in [-0.1, -0.05) is 54.8 Å². The molecule has 1 aliphatic rings. The molecule has 1 aliphatic carbocycles. The summed E-state index contributed by atoms with van der Waals surface area (Å²) in [5, 5.41) is 11.7. The van der Waals surface area contributed by atoms with Gasteiger partial charge in [-0.3, -0.25) is 14.5 Å². The van der Waals surface area contributed by atoms with Gasteiger partial charge >= 0.3 is 0 Å². The second-order valence-electron chi connectivity index (χ2n) is 10.1. The maximum Gasteiger partial charge on any atom is 0.249 e. The van der Waals surface area contributed by atoms with Crippen LogP contribution >= 0.6 is 0 Å². The highest BCUT2D eigenvalue weighted by Crippen LogP contribution is 2.37. The third-order valence-corrected chi connectivity index (χ3v) is 7.54. The first-order valence-corrected chi connectivity index (χ1v) is 13.7. The van der Waals surface area contributed by atoms with E-state index in [1.54, 1.807) is 42.0 Å². The second-order valence-corrected chi connectivity index (χ2v) is 10.1. The third-order valence-electron chi connectivity index (χ3n) is 7.54. The van der Waals surface area contributed by atoms with Crippen LogP contribution in [0.3, 0.4) is 0 Å². The fraction of sp³-hybridized carbons (Fsp3) is 0.355. The highest BCUT2D eigenvalue weighted by molar-refractivity contribution is 6.02. The van der Waals surface area contributed by atoms with Gasteiger partial charge in [0.15, 0.2) is 0 Å². The lowest BCUT2D eigenvalue weighted by atomic mass is 9.94. The van der Waals surface area contributed by atoms with Crippen molar-refractivity contribution in [2.45, 2.75) is 57.7 Å². The second kappa shape index (κ2) is 12.2. The number of carbonyl (C=O) groups is 2. The molecule has 1 aromatic heterocycles. The molecule has 208 valence electrons. The fourth-order valence-corrected chi connectivity index (χ4v) is 5.46. The molecule has 9 nitrogen and oxygen atoms in total. The molecule has 4 aromatic rings. The van der Waals surface area contributed by atoms with Gasteiger partial charge in [0, 0.05) is 23.4 Å². The number of aromatic nitrogens is 3. The molecule has 1 saturated carbocycles. The van der Waals surface area contributed by atoms with E-state index in [1.165, 1.54) is 6.42 Å². The van der Waals surface area contributed by atoms with E-state index < -0.39 is 6.04 Å². The third kappa shape index (κ3) is 5.64. The molecule has 0 unspecified atom stereocenters. The Bertz CT molecular complexity index is 1490. The minimum Gasteiger partial charge on any atom is -0.497 e. The summed E-state index contributed by atoms with van der Waals surface area (Å²) in [6.07, 6.45) is 5.15. The monoisotopic (exact) mass is 541 g/mol. The largest absolute Gasteiger partial charge is 0.497 e. The Morgan fingerprint density at radius 2 is 1.75 bits per heavy atom. The first-order chi connectivity index (χ1) is 19.5. The zero-order chi connectivity index (χ0) is 28.1. The zero-order valence-electron chi connectivity index (χ0n) is 23.2. The molecule has 9 heteroatoms. The predicted molar refractivity (Wildman–Crippen MR) is 153 cm³/mol. The smallest absolute Gasteiger partial charge is 0.249 e. The number of fused-ring (bicyclic) bond motifs is 1. The van der Waals surface area contributed by atoms with E-state index in [0.717, 1.165) is 36.8 Å². The van der Waals surface area contributed by atoms with Crippen molar-refractivity contribution in [3.63, 3.8) is 0 Å². The number of nitrogens with one attached hydrogen (secondary N) is 1. The van der Waals surface area contributed by atoms with Crippen LogP contribution in [0.1, 0.15) is 49.3 Å². The van der Waals surface area contributed by atoms with E-state index in [2.05, 4.69) is 15.6 Å². The SMILES string of the molecule is COc1ccc([C@@H](C(=O)NC2CCCCC2)N(C(=O)Cn2nnc3ccccc32)c2ccccc2C)c(OC)c1. The number of rotatable bonds is 9. The topological polar surface area (TPSA) is 98.6 Å². The van der Waals surface area contributed by atoms with Crippen LogP contribution in [0.5, 0.6) is 11.5 Å². The molecule has 1 N–H and O–H groups in total. The predicted octanol–water partition coefficient (Wildman–Crippen LogP) is 4.98. The van der Waals surface area contributed by atoms with Crippen LogP contribution < -0.4 is 19.7 Å². The quantitative estimate of drug-likeness (QED) is 0.321. The Labute approximate surface area is 234 Å². The number of carbonyl (C=O) groups excluding carboxylic acids is 2. The Morgan fingerprint density at radius 3 is 2.50 bits per heavy atom. The van der Waals surface area contributed by atoms with E-state index in [1.807, 2.05) is 55.5 Å². The van der Waals surface area contributed by atoms with Gasteiger partial charge in [0.25, 0.3) is 0 Å². The molecule has 0 aliphatic heterocycles. The normalized spacial score (nSPS) is 14.5. The van der Waals surface area contributed by atoms with Gasteiger partial charge in [-0.15, -0.1) is 5.10 Å². The average Bonchev–Trinajstić information content (AvgIpc) is 3.39. The van der Waals surface area contributed by atoms with E-state index >= 15 is 0 Å². The molecule has 1 heterocycles. The standard InChI is InChI=1S/C31H35N5O4/c1-21-11-7-9-15-26(21)36(29(37)20-35-27-16-10-8-14-25(27)33-34-35)30(31(38)32-22-12-5-4-6-13-22)24-18-17-23(39-2)19-28(24)40-3/h7-11,14-19,22,30H,4-6,12-13,20H2,1-3H3,(H,32,38)/t30-/m0/s1. The number of para-hydroxylation sites is 2. The minimum absolute atomic E-state index is 0.0566. The summed E-state index contributed by atoms with van der Waals surface area (Å²) in [7, 11) is 3.13. The Morgan fingerprint density at radius 1 is 1.00 bits per heavy atom. The molecule has 1 fully saturated rings. The Kier molecular flexibility index (Phi) is 8.28. The Hall–Kier alpha value is -4.40. The fourth-order valence-electron chi connectivity index (χ4n) is 5.46. The first kappa shape index (κ1) is 27.2. The Balaban J connectivity index is 1.62. The van der Waals surface area contributed by atoms with Crippen LogP contribution in [0, 0.1) is 6.92 Å². The molecular formula is C31H35N5O4. The molecule has 0 radical (unpaired) electrons. The van der Waals surface area contributed by atoms with Crippen LogP contribution in [0.25, 0.3) is 11.0 Å². The van der Waals surface area contributed by atoms with E-state index in [-0.39, 0.29) is 24.4 Å². The summed E-state index contributed by atoms with van der Waals surface area (Å²) < 4.78 is 12.7. The number of hydrogen-bond acceptors (Lipinski definition) is 6. The van der Waals surface area contributed by atoms with Crippen molar-refractivity contribution >= 4 is 28.5 Å². The van der Waals surface area contributed by atoms with Gasteiger partial charge < -0.3 is 14.8 Å². The summed E-state index contributed by atoms with van der Waals surface area (Å²) in [4.78, 5) is 30.2. The summed E-state index contributed by atoms with van der Waals surface area (Å²) in [6, 6.07) is 19.5. The van der Waals surface area contributed by atoms with Crippen molar-refractivity contribution < 1.29 is 19.1 Å². The van der Waals surface area contributed by atoms with Crippen LogP contribution in [0.2, 0.25) is 0 Å². The zero-order valence-corrected chi connectivity index (χ0v) is 23.2. The van der Waals surface area contributed by atoms with Crippen LogP contribution in [-0.4, -0.2) is 47.1 Å². The molecule has 40 heavy (non-hydrogen) atoms. The molecule has 0 bridgehead atoms. The minimum atomic E-state index is -0.994. The maximum absolute atomic E-state index is 14.3. The van der Waals surface area contributed by atoms with Crippen molar-refractivity contribution in [2.75, 3.05) is 19.1 Å². The van der Waals surface area contributed by atoms with Crippen molar-refractivity contribution in [2.24, 2.45) is 0 Å². The molecule has 2 amide bonds. The highest BCUT2D eigenvalue weighted by Gasteiger charge is 2.37. The lowest BCUT2D eigenvalue weighted by Gasteiger charge is -2.35. The van der Waals surface area contributed by atoms with Gasteiger partial charge in [0.05, 0.1) is 19.7 Å². The van der Waals surface area contributed by atoms with Gasteiger partial charge in [-0.25, -0.2) is 4.68 Å². The van der Waals surface area contributed by atoms with Gasteiger partial charge in [-0.05, 0) is 55.7 Å². The summed E-state index contributed by atoms with van der Waals surface area (Å²) in [6.45, 7) is 1.84. The number of aryl methyl sites for hydroxylation is 1. The van der Waals surface area contributed by atoms with E-state index in [9.17, 15) is 9.59 Å². The van der Waals surface area contributed by atoms with Crippen LogP contribution in [0.15, 0.2) is 66.7 Å². The number of methoxy groups -OCH3 is 2. The van der Waals surface area contributed by atoms with Crippen molar-refractivity contribution in [3.05, 3.63) is 77.9 Å². The molecular weight excluding hydrogens is 506 g/mol. The lowest BCUT2D eigenvalue weighted by molar-refractivity contribution is -0.127.